The summed E-state index contributed by atoms with van der Waals surface area (Å²) in [6.07, 6.45) is -1.59. The number of morpholine rings is 1. The van der Waals surface area contributed by atoms with Gasteiger partial charge in [0, 0.05) is 18.7 Å². The van der Waals surface area contributed by atoms with Gasteiger partial charge in [0.2, 0.25) is 6.29 Å². The summed E-state index contributed by atoms with van der Waals surface area (Å²) in [6.45, 7) is -0.00514. The Labute approximate surface area is 101 Å². The molecule has 2 rings (SSSR count). The Morgan fingerprint density at radius 2 is 2.06 bits per heavy atom. The molecular weight excluding hydrogens is 251 g/mol. The molecule has 7 heteroatoms. The summed E-state index contributed by atoms with van der Waals surface area (Å²) in [4.78, 5) is 12.6. The van der Waals surface area contributed by atoms with E-state index >= 15 is 0 Å². The van der Waals surface area contributed by atoms with E-state index < -0.39 is 29.6 Å². The zero-order valence-electron chi connectivity index (χ0n) is 9.20. The minimum Gasteiger partial charge on any atom is -0.361 e. The van der Waals surface area contributed by atoms with Crippen LogP contribution in [-0.2, 0) is 16.1 Å². The predicted octanol–water partition coefficient (Wildman–Crippen LogP) is 0.781. The van der Waals surface area contributed by atoms with E-state index in [1.807, 2.05) is 0 Å². The first-order valence-electron chi connectivity index (χ1n) is 5.21. The van der Waals surface area contributed by atoms with Gasteiger partial charge in [-0.3, -0.25) is 4.79 Å². The maximum absolute atomic E-state index is 13.4. The molecular formula is C11H10F3NO3. The largest absolute Gasteiger partial charge is 0.361 e. The van der Waals surface area contributed by atoms with Crippen LogP contribution in [0.5, 0.6) is 0 Å². The summed E-state index contributed by atoms with van der Waals surface area (Å²) >= 11 is 0. The van der Waals surface area contributed by atoms with Crippen LogP contribution in [0.1, 0.15) is 5.56 Å². The summed E-state index contributed by atoms with van der Waals surface area (Å²) in [7, 11) is 0. The van der Waals surface area contributed by atoms with Crippen molar-refractivity contribution in [2.75, 3.05) is 13.2 Å². The van der Waals surface area contributed by atoms with Crippen LogP contribution >= 0.6 is 0 Å². The number of benzene rings is 1. The van der Waals surface area contributed by atoms with Crippen LogP contribution in [0.3, 0.4) is 0 Å². The first kappa shape index (κ1) is 12.8. The zero-order chi connectivity index (χ0) is 13.3. The van der Waals surface area contributed by atoms with Crippen molar-refractivity contribution in [3.8, 4) is 0 Å². The summed E-state index contributed by atoms with van der Waals surface area (Å²) < 4.78 is 43.8. The van der Waals surface area contributed by atoms with E-state index in [1.165, 1.54) is 0 Å². The van der Waals surface area contributed by atoms with Gasteiger partial charge in [-0.05, 0) is 6.07 Å². The fraction of sp³-hybridized carbons (Fsp3) is 0.364. The molecule has 0 saturated carbocycles. The van der Waals surface area contributed by atoms with Gasteiger partial charge in [-0.25, -0.2) is 13.2 Å². The Hall–Kier alpha value is -1.60. The van der Waals surface area contributed by atoms with Gasteiger partial charge in [0.25, 0.3) is 5.91 Å². The number of aliphatic hydroxyl groups excluding tert-OH is 1. The van der Waals surface area contributed by atoms with Gasteiger partial charge in [-0.15, -0.1) is 0 Å². The van der Waals surface area contributed by atoms with E-state index in [2.05, 4.69) is 4.74 Å². The number of carbonyl (C=O) groups is 1. The number of amides is 1. The predicted molar refractivity (Wildman–Crippen MR) is 53.7 cm³/mol. The highest BCUT2D eigenvalue weighted by molar-refractivity contribution is 5.79. The van der Waals surface area contributed by atoms with Crippen molar-refractivity contribution in [3.63, 3.8) is 0 Å². The Morgan fingerprint density at radius 3 is 2.78 bits per heavy atom. The lowest BCUT2D eigenvalue weighted by molar-refractivity contribution is -0.184. The summed E-state index contributed by atoms with van der Waals surface area (Å²) in [5.74, 6) is -4.92. The molecule has 0 radical (unpaired) electrons. The maximum atomic E-state index is 13.4. The van der Waals surface area contributed by atoms with E-state index in [-0.39, 0.29) is 25.3 Å². The fourth-order valence-electron chi connectivity index (χ4n) is 1.66. The Balaban J connectivity index is 2.19. The van der Waals surface area contributed by atoms with Crippen LogP contribution in [0.25, 0.3) is 0 Å². The zero-order valence-corrected chi connectivity index (χ0v) is 9.20. The summed E-state index contributed by atoms with van der Waals surface area (Å²) in [5, 5.41) is 9.15. The van der Waals surface area contributed by atoms with Crippen LogP contribution in [0.15, 0.2) is 12.1 Å². The molecule has 0 aliphatic carbocycles. The quantitative estimate of drug-likeness (QED) is 0.800. The first-order chi connectivity index (χ1) is 8.50. The number of aliphatic hydroxyl groups is 1. The second-order valence-corrected chi connectivity index (χ2v) is 3.82. The number of carbonyl (C=O) groups excluding carboxylic acids is 1. The van der Waals surface area contributed by atoms with Crippen LogP contribution in [0, 0.1) is 17.5 Å². The Kier molecular flexibility index (Phi) is 3.53. The lowest BCUT2D eigenvalue weighted by Gasteiger charge is -2.29. The van der Waals surface area contributed by atoms with Crippen LogP contribution in [0.4, 0.5) is 13.2 Å². The molecule has 1 amide bonds. The number of rotatable bonds is 2. The molecule has 1 aromatic rings. The highest BCUT2D eigenvalue weighted by Crippen LogP contribution is 2.18. The highest BCUT2D eigenvalue weighted by Gasteiger charge is 2.28. The standard InChI is InChI=1S/C11H10F3NO3/c12-7-2-1-6(8(13)9(7)14)5-15-3-4-18-11(17)10(15)16/h1-2,11,17H,3-5H2. The van der Waals surface area contributed by atoms with Gasteiger partial charge < -0.3 is 14.7 Å². The minimum atomic E-state index is -1.59. The van der Waals surface area contributed by atoms with E-state index in [0.717, 1.165) is 17.0 Å². The number of hydrogen-bond donors (Lipinski definition) is 1. The van der Waals surface area contributed by atoms with Crippen molar-refractivity contribution < 1.29 is 27.8 Å². The van der Waals surface area contributed by atoms with Gasteiger partial charge in [0.05, 0.1) is 6.61 Å². The first-order valence-corrected chi connectivity index (χ1v) is 5.21. The molecule has 0 spiro atoms. The third-order valence-electron chi connectivity index (χ3n) is 2.64. The second kappa shape index (κ2) is 4.95. The molecule has 4 nitrogen and oxygen atoms in total. The topological polar surface area (TPSA) is 49.8 Å². The van der Waals surface area contributed by atoms with Crippen LogP contribution in [-0.4, -0.2) is 35.4 Å². The summed E-state index contributed by atoms with van der Waals surface area (Å²) in [6, 6.07) is 1.85. The number of nitrogens with zero attached hydrogens (tertiary/aromatic N) is 1. The number of ether oxygens (including phenoxy) is 1. The Bertz CT molecular complexity index is 481. The van der Waals surface area contributed by atoms with Gasteiger partial charge >= 0.3 is 0 Å². The van der Waals surface area contributed by atoms with E-state index in [1.54, 1.807) is 0 Å². The van der Waals surface area contributed by atoms with E-state index in [4.69, 9.17) is 5.11 Å². The number of hydrogen-bond acceptors (Lipinski definition) is 3. The van der Waals surface area contributed by atoms with Crippen molar-refractivity contribution in [2.24, 2.45) is 0 Å². The van der Waals surface area contributed by atoms with Gasteiger partial charge in [0.1, 0.15) is 0 Å². The summed E-state index contributed by atoms with van der Waals surface area (Å²) in [5.41, 5.74) is -0.156. The average Bonchev–Trinajstić information content (AvgIpc) is 2.35. The lowest BCUT2D eigenvalue weighted by atomic mass is 10.1. The van der Waals surface area contributed by atoms with Gasteiger partial charge in [-0.1, -0.05) is 6.07 Å². The molecule has 1 aromatic carbocycles. The fourth-order valence-corrected chi connectivity index (χ4v) is 1.66. The second-order valence-electron chi connectivity index (χ2n) is 3.82. The van der Waals surface area contributed by atoms with Crippen molar-refractivity contribution >= 4 is 5.91 Å². The molecule has 0 bridgehead atoms. The molecule has 0 aromatic heterocycles. The maximum Gasteiger partial charge on any atom is 0.279 e. The monoisotopic (exact) mass is 261 g/mol. The van der Waals surface area contributed by atoms with E-state index in [0.29, 0.717) is 0 Å². The van der Waals surface area contributed by atoms with Crippen LogP contribution < -0.4 is 0 Å². The minimum absolute atomic E-state index is 0.0954. The van der Waals surface area contributed by atoms with Crippen molar-refractivity contribution in [3.05, 3.63) is 35.1 Å². The molecule has 1 fully saturated rings. The Morgan fingerprint density at radius 1 is 1.33 bits per heavy atom. The molecule has 1 aliphatic rings. The van der Waals surface area contributed by atoms with Crippen molar-refractivity contribution in [1.29, 1.82) is 0 Å². The molecule has 1 saturated heterocycles. The SMILES string of the molecule is O=C1C(O)OCCN1Cc1ccc(F)c(F)c1F. The molecule has 1 atom stereocenters. The molecule has 1 unspecified atom stereocenters. The van der Waals surface area contributed by atoms with Gasteiger partial charge in [0.15, 0.2) is 17.5 Å². The molecule has 1 N–H and O–H groups in total. The van der Waals surface area contributed by atoms with Crippen molar-refractivity contribution in [1.82, 2.24) is 4.90 Å². The normalized spacial score (nSPS) is 20.3. The number of halogens is 3. The molecule has 98 valence electrons. The third-order valence-corrected chi connectivity index (χ3v) is 2.64. The average molecular weight is 261 g/mol. The van der Waals surface area contributed by atoms with Crippen LogP contribution in [0.2, 0.25) is 0 Å². The molecule has 18 heavy (non-hydrogen) atoms. The highest BCUT2D eigenvalue weighted by atomic mass is 19.2. The lowest BCUT2D eigenvalue weighted by Crippen LogP contribution is -2.47. The molecule has 1 aliphatic heterocycles. The smallest absolute Gasteiger partial charge is 0.279 e. The van der Waals surface area contributed by atoms with Gasteiger partial charge in [-0.2, -0.15) is 0 Å². The third kappa shape index (κ3) is 2.32. The molecule has 1 heterocycles. The van der Waals surface area contributed by atoms with Crippen molar-refractivity contribution in [2.45, 2.75) is 12.8 Å². The van der Waals surface area contributed by atoms with E-state index in [9.17, 15) is 18.0 Å².